The maximum Gasteiger partial charge on any atom is 0.308 e. The minimum Gasteiger partial charge on any atom is -0.307 e. The van der Waals surface area contributed by atoms with Crippen LogP contribution in [0.3, 0.4) is 0 Å². The molecule has 3 rings (SSSR count). The molecule has 1 aromatic heterocycles. The molecule has 21 heavy (non-hydrogen) atoms. The van der Waals surface area contributed by atoms with Crippen LogP contribution in [-0.4, -0.2) is 19.7 Å². The number of nitro benzene ring substituents is 1. The highest BCUT2D eigenvalue weighted by molar-refractivity contribution is 6.16. The van der Waals surface area contributed by atoms with Gasteiger partial charge in [-0.3, -0.25) is 10.1 Å². The van der Waals surface area contributed by atoms with Gasteiger partial charge in [0.1, 0.15) is 11.6 Å². The topological polar surface area (TPSA) is 73.8 Å². The Bertz CT molecular complexity index is 730. The minimum atomic E-state index is -1.13. The maximum absolute atomic E-state index is 14.2. The Kier molecular flexibility index (Phi) is 3.32. The molecular formula is C12H9ClF2N4O2. The normalized spacial score (nSPS) is 14.4. The van der Waals surface area contributed by atoms with Gasteiger partial charge in [0.2, 0.25) is 5.82 Å². The van der Waals surface area contributed by atoms with Gasteiger partial charge in [-0.2, -0.15) is 4.39 Å². The molecule has 1 aliphatic rings. The molecule has 0 bridgehead atoms. The number of rotatable bonds is 4. The third-order valence-electron chi connectivity index (χ3n) is 3.25. The highest BCUT2D eigenvalue weighted by Crippen LogP contribution is 2.40. The summed E-state index contributed by atoms with van der Waals surface area (Å²) in [6, 6.07) is 1.49. The summed E-state index contributed by atoms with van der Waals surface area (Å²) in [6.07, 6.45) is 1.71. The van der Waals surface area contributed by atoms with Crippen LogP contribution in [-0.2, 0) is 5.88 Å². The SMILES string of the molecule is O=[N+]([O-])c1cc(F)cc(-c2nnc(CCl)n2C2CC2)c1F. The number of nitrogens with zero attached hydrogens (tertiary/aromatic N) is 4. The van der Waals surface area contributed by atoms with Crippen molar-refractivity contribution in [2.45, 2.75) is 24.8 Å². The molecule has 0 spiro atoms. The van der Waals surface area contributed by atoms with Crippen LogP contribution >= 0.6 is 11.6 Å². The first-order valence-electron chi connectivity index (χ1n) is 6.16. The molecule has 0 amide bonds. The summed E-state index contributed by atoms with van der Waals surface area (Å²) in [5.41, 5.74) is -1.21. The summed E-state index contributed by atoms with van der Waals surface area (Å²) in [5, 5.41) is 18.4. The van der Waals surface area contributed by atoms with Gasteiger partial charge in [0.15, 0.2) is 5.82 Å². The van der Waals surface area contributed by atoms with Crippen molar-refractivity contribution in [1.82, 2.24) is 14.8 Å². The second kappa shape index (κ2) is 5.03. The molecule has 110 valence electrons. The van der Waals surface area contributed by atoms with Crippen LogP contribution in [0, 0.1) is 21.7 Å². The van der Waals surface area contributed by atoms with E-state index < -0.39 is 22.2 Å². The number of benzene rings is 1. The lowest BCUT2D eigenvalue weighted by Gasteiger charge is -2.08. The van der Waals surface area contributed by atoms with E-state index in [2.05, 4.69) is 10.2 Å². The Hall–Kier alpha value is -2.09. The quantitative estimate of drug-likeness (QED) is 0.493. The van der Waals surface area contributed by atoms with Gasteiger partial charge in [-0.1, -0.05) is 0 Å². The smallest absolute Gasteiger partial charge is 0.307 e. The first-order chi connectivity index (χ1) is 10.0. The molecule has 0 unspecified atom stereocenters. The molecule has 1 aliphatic carbocycles. The number of halogens is 3. The predicted octanol–water partition coefficient (Wildman–Crippen LogP) is 3.21. The summed E-state index contributed by atoms with van der Waals surface area (Å²) in [6.45, 7) is 0. The van der Waals surface area contributed by atoms with Crippen molar-refractivity contribution >= 4 is 17.3 Å². The van der Waals surface area contributed by atoms with Gasteiger partial charge in [0, 0.05) is 6.04 Å². The number of nitro groups is 1. The van der Waals surface area contributed by atoms with E-state index in [0.717, 1.165) is 18.9 Å². The van der Waals surface area contributed by atoms with Crippen molar-refractivity contribution in [2.75, 3.05) is 0 Å². The standard InChI is InChI=1S/C12H9ClF2N4O2/c13-5-10-16-17-12(18(10)7-1-2-7)8-3-6(14)4-9(11(8)15)19(20)21/h3-4,7H,1-2,5H2. The molecule has 2 aromatic rings. The van der Waals surface area contributed by atoms with E-state index >= 15 is 0 Å². The zero-order valence-corrected chi connectivity index (χ0v) is 11.3. The average Bonchev–Trinajstić information content (AvgIpc) is 3.20. The highest BCUT2D eigenvalue weighted by atomic mass is 35.5. The third-order valence-corrected chi connectivity index (χ3v) is 3.49. The van der Waals surface area contributed by atoms with E-state index in [9.17, 15) is 18.9 Å². The van der Waals surface area contributed by atoms with Gasteiger partial charge >= 0.3 is 5.69 Å². The highest BCUT2D eigenvalue weighted by Gasteiger charge is 2.32. The zero-order chi connectivity index (χ0) is 15.1. The molecule has 1 saturated carbocycles. The number of aromatic nitrogens is 3. The number of hydrogen-bond acceptors (Lipinski definition) is 4. The molecule has 0 atom stereocenters. The molecule has 1 heterocycles. The van der Waals surface area contributed by atoms with Crippen LogP contribution in [0.4, 0.5) is 14.5 Å². The van der Waals surface area contributed by atoms with Gasteiger partial charge in [0.05, 0.1) is 22.4 Å². The van der Waals surface area contributed by atoms with E-state index in [1.165, 1.54) is 0 Å². The van der Waals surface area contributed by atoms with Crippen LogP contribution in [0.15, 0.2) is 12.1 Å². The summed E-state index contributed by atoms with van der Waals surface area (Å²) in [7, 11) is 0. The molecular weight excluding hydrogens is 306 g/mol. The van der Waals surface area contributed by atoms with Crippen LogP contribution in [0.5, 0.6) is 0 Å². The lowest BCUT2D eigenvalue weighted by atomic mass is 10.1. The monoisotopic (exact) mass is 314 g/mol. The molecule has 1 fully saturated rings. The van der Waals surface area contributed by atoms with Crippen LogP contribution in [0.2, 0.25) is 0 Å². The average molecular weight is 315 g/mol. The van der Waals surface area contributed by atoms with Crippen molar-refractivity contribution < 1.29 is 13.7 Å². The molecule has 1 aromatic carbocycles. The van der Waals surface area contributed by atoms with E-state index in [1.54, 1.807) is 4.57 Å². The second-order valence-electron chi connectivity index (χ2n) is 4.72. The lowest BCUT2D eigenvalue weighted by molar-refractivity contribution is -0.387. The Morgan fingerprint density at radius 1 is 1.38 bits per heavy atom. The molecule has 0 radical (unpaired) electrons. The molecule has 0 aliphatic heterocycles. The van der Waals surface area contributed by atoms with Crippen molar-refractivity contribution in [1.29, 1.82) is 0 Å². The van der Waals surface area contributed by atoms with Gasteiger partial charge in [0.25, 0.3) is 0 Å². The summed E-state index contributed by atoms with van der Waals surface area (Å²) < 4.78 is 29.4. The van der Waals surface area contributed by atoms with Crippen LogP contribution < -0.4 is 0 Å². The first-order valence-corrected chi connectivity index (χ1v) is 6.70. The maximum atomic E-state index is 14.2. The van der Waals surface area contributed by atoms with E-state index in [1.807, 2.05) is 0 Å². The Balaban J connectivity index is 2.21. The largest absolute Gasteiger partial charge is 0.308 e. The molecule has 9 heteroatoms. The predicted molar refractivity (Wildman–Crippen MR) is 69.9 cm³/mol. The van der Waals surface area contributed by atoms with Gasteiger partial charge in [-0.05, 0) is 18.9 Å². The zero-order valence-electron chi connectivity index (χ0n) is 10.6. The van der Waals surface area contributed by atoms with Gasteiger partial charge in [-0.15, -0.1) is 21.8 Å². The second-order valence-corrected chi connectivity index (χ2v) is 4.99. The van der Waals surface area contributed by atoms with Crippen molar-refractivity contribution in [3.8, 4) is 11.4 Å². The third kappa shape index (κ3) is 2.35. The van der Waals surface area contributed by atoms with Crippen molar-refractivity contribution in [3.05, 3.63) is 39.7 Å². The fourth-order valence-electron chi connectivity index (χ4n) is 2.19. The first kappa shape index (κ1) is 13.9. The van der Waals surface area contributed by atoms with Crippen LogP contribution in [0.25, 0.3) is 11.4 Å². The Labute approximate surface area is 122 Å². The molecule has 0 N–H and O–H groups in total. The van der Waals surface area contributed by atoms with E-state index in [0.29, 0.717) is 11.9 Å². The number of hydrogen-bond donors (Lipinski definition) is 0. The van der Waals surface area contributed by atoms with E-state index in [-0.39, 0.29) is 23.3 Å². The summed E-state index contributed by atoms with van der Waals surface area (Å²) in [5.74, 6) is -1.47. The van der Waals surface area contributed by atoms with Gasteiger partial charge < -0.3 is 4.57 Å². The summed E-state index contributed by atoms with van der Waals surface area (Å²) >= 11 is 5.76. The fourth-order valence-corrected chi connectivity index (χ4v) is 2.37. The van der Waals surface area contributed by atoms with Crippen LogP contribution in [0.1, 0.15) is 24.7 Å². The molecule has 0 saturated heterocycles. The van der Waals surface area contributed by atoms with E-state index in [4.69, 9.17) is 11.6 Å². The minimum absolute atomic E-state index is 0.0632. The fraction of sp³-hybridized carbons (Fsp3) is 0.333. The van der Waals surface area contributed by atoms with Gasteiger partial charge in [-0.25, -0.2) is 4.39 Å². The number of alkyl halides is 1. The Morgan fingerprint density at radius 3 is 2.67 bits per heavy atom. The summed E-state index contributed by atoms with van der Waals surface area (Å²) in [4.78, 5) is 9.81. The lowest BCUT2D eigenvalue weighted by Crippen LogP contribution is -2.04. The Morgan fingerprint density at radius 2 is 2.10 bits per heavy atom. The van der Waals surface area contributed by atoms with Crippen molar-refractivity contribution in [3.63, 3.8) is 0 Å². The van der Waals surface area contributed by atoms with Crippen molar-refractivity contribution in [2.24, 2.45) is 0 Å². The molecule has 6 nitrogen and oxygen atoms in total.